The van der Waals surface area contributed by atoms with Crippen molar-refractivity contribution < 1.29 is 10.2 Å². The summed E-state index contributed by atoms with van der Waals surface area (Å²) in [6.45, 7) is 16.9. The van der Waals surface area contributed by atoms with Crippen LogP contribution in [0.2, 0.25) is 0 Å². The van der Waals surface area contributed by atoms with Crippen LogP contribution in [0.1, 0.15) is 112 Å². The van der Waals surface area contributed by atoms with Gasteiger partial charge in [-0.2, -0.15) is 0 Å². The van der Waals surface area contributed by atoms with E-state index in [0.717, 1.165) is 11.1 Å². The van der Waals surface area contributed by atoms with Crippen LogP contribution in [-0.2, 0) is 0 Å². The molecule has 0 radical (unpaired) electrons. The minimum atomic E-state index is 0.206. The molecule has 190 valence electrons. The Hall–Kier alpha value is -3.40. The Bertz CT molecular complexity index is 1170. The number of para-hydroxylation sites is 2. The van der Waals surface area contributed by atoms with Crippen molar-refractivity contribution in [2.24, 2.45) is 9.98 Å². The van der Waals surface area contributed by atoms with Gasteiger partial charge in [-0.25, -0.2) is 0 Å². The molecule has 0 fully saturated rings. The molecule has 0 unspecified atom stereocenters. The Labute approximate surface area is 216 Å². The molecular formula is C32H40N2O2. The summed E-state index contributed by atoms with van der Waals surface area (Å²) in [5.41, 5.74) is 6.98. The second-order valence-corrected chi connectivity index (χ2v) is 10.7. The van der Waals surface area contributed by atoms with E-state index in [9.17, 15) is 10.2 Å². The van der Waals surface area contributed by atoms with E-state index in [1.54, 1.807) is 12.4 Å². The van der Waals surface area contributed by atoms with Crippen molar-refractivity contribution in [1.82, 2.24) is 0 Å². The lowest BCUT2D eigenvalue weighted by atomic mass is 9.92. The van der Waals surface area contributed by atoms with Gasteiger partial charge in [-0.1, -0.05) is 79.7 Å². The van der Waals surface area contributed by atoms with Crippen LogP contribution in [-0.4, -0.2) is 22.6 Å². The summed E-state index contributed by atoms with van der Waals surface area (Å²) in [6, 6.07) is 15.8. The highest BCUT2D eigenvalue weighted by molar-refractivity contribution is 5.90. The molecule has 0 amide bonds. The van der Waals surface area contributed by atoms with Gasteiger partial charge < -0.3 is 10.2 Å². The zero-order valence-electron chi connectivity index (χ0n) is 22.9. The number of hydrogen-bond donors (Lipinski definition) is 2. The summed E-state index contributed by atoms with van der Waals surface area (Å²) in [4.78, 5) is 9.41. The van der Waals surface area contributed by atoms with Crippen molar-refractivity contribution >= 4 is 23.8 Å². The summed E-state index contributed by atoms with van der Waals surface area (Å²) >= 11 is 0. The smallest absolute Gasteiger partial charge is 0.127 e. The summed E-state index contributed by atoms with van der Waals surface area (Å²) in [5.74, 6) is 1.65. The van der Waals surface area contributed by atoms with Crippen molar-refractivity contribution in [2.75, 3.05) is 0 Å². The molecule has 0 bridgehead atoms. The van der Waals surface area contributed by atoms with Gasteiger partial charge >= 0.3 is 0 Å². The lowest BCUT2D eigenvalue weighted by Crippen LogP contribution is -1.98. The molecule has 0 saturated heterocycles. The standard InChI is InChI=1S/C32H40N2O2/c1-19(2)23-13-25(31(35)27(15-23)21(5)6)17-33-29-11-9-10-12-30(29)34-18-26-14-24(20(3)4)16-28(22(7)8)32(26)36/h9-22,35-36H,1-8H3. The van der Waals surface area contributed by atoms with Crippen LogP contribution in [0.25, 0.3) is 0 Å². The Morgan fingerprint density at radius 2 is 0.917 bits per heavy atom. The van der Waals surface area contributed by atoms with Crippen LogP contribution in [0, 0.1) is 0 Å². The largest absolute Gasteiger partial charge is 0.507 e. The molecule has 3 rings (SSSR count). The first-order chi connectivity index (χ1) is 17.0. The van der Waals surface area contributed by atoms with Gasteiger partial charge in [0.25, 0.3) is 0 Å². The molecule has 0 aliphatic heterocycles. The fourth-order valence-corrected chi connectivity index (χ4v) is 4.11. The third kappa shape index (κ3) is 6.23. The third-order valence-electron chi connectivity index (χ3n) is 6.53. The second-order valence-electron chi connectivity index (χ2n) is 10.7. The molecule has 3 aromatic rings. The normalized spacial score (nSPS) is 12.3. The van der Waals surface area contributed by atoms with Crippen molar-refractivity contribution in [3.05, 3.63) is 81.9 Å². The second kappa shape index (κ2) is 11.6. The van der Waals surface area contributed by atoms with Gasteiger partial charge in [-0.15, -0.1) is 0 Å². The number of phenols is 2. The number of aliphatic imine (C=N–C) groups is 2. The fourth-order valence-electron chi connectivity index (χ4n) is 4.11. The molecule has 0 aliphatic carbocycles. The molecule has 0 spiro atoms. The Morgan fingerprint density at radius 1 is 0.556 bits per heavy atom. The van der Waals surface area contributed by atoms with Gasteiger partial charge in [0.05, 0.1) is 11.4 Å². The average molecular weight is 485 g/mol. The van der Waals surface area contributed by atoms with Crippen molar-refractivity contribution in [2.45, 2.75) is 79.1 Å². The molecule has 4 nitrogen and oxygen atoms in total. The number of phenolic OH excluding ortho intramolecular Hbond substituents is 2. The highest BCUT2D eigenvalue weighted by Gasteiger charge is 2.15. The van der Waals surface area contributed by atoms with Gasteiger partial charge in [0.15, 0.2) is 0 Å². The Kier molecular flexibility index (Phi) is 8.73. The average Bonchev–Trinajstić information content (AvgIpc) is 2.82. The minimum Gasteiger partial charge on any atom is -0.507 e. The van der Waals surface area contributed by atoms with Crippen molar-refractivity contribution in [1.29, 1.82) is 0 Å². The van der Waals surface area contributed by atoms with Crippen LogP contribution < -0.4 is 0 Å². The van der Waals surface area contributed by atoms with E-state index < -0.39 is 0 Å². The first-order valence-electron chi connectivity index (χ1n) is 12.9. The Morgan fingerprint density at radius 3 is 1.22 bits per heavy atom. The van der Waals surface area contributed by atoms with Crippen molar-refractivity contribution in [3.8, 4) is 11.5 Å². The quantitative estimate of drug-likeness (QED) is 0.313. The van der Waals surface area contributed by atoms with Gasteiger partial charge in [0.2, 0.25) is 0 Å². The highest BCUT2D eigenvalue weighted by atomic mass is 16.3. The topological polar surface area (TPSA) is 65.2 Å². The lowest BCUT2D eigenvalue weighted by molar-refractivity contribution is 0.463. The summed E-state index contributed by atoms with van der Waals surface area (Å²) in [6.07, 6.45) is 3.43. The van der Waals surface area contributed by atoms with Crippen LogP contribution in [0.5, 0.6) is 11.5 Å². The van der Waals surface area contributed by atoms with Crippen LogP contribution in [0.15, 0.2) is 58.5 Å². The lowest BCUT2D eigenvalue weighted by Gasteiger charge is -2.15. The molecule has 4 heteroatoms. The zero-order valence-corrected chi connectivity index (χ0v) is 22.9. The molecule has 0 aliphatic rings. The maximum Gasteiger partial charge on any atom is 0.127 e. The van der Waals surface area contributed by atoms with E-state index >= 15 is 0 Å². The number of benzene rings is 3. The summed E-state index contributed by atoms with van der Waals surface area (Å²) < 4.78 is 0. The molecule has 0 aromatic heterocycles. The third-order valence-corrected chi connectivity index (χ3v) is 6.53. The van der Waals surface area contributed by atoms with Gasteiger partial charge in [0, 0.05) is 23.6 Å². The molecule has 0 atom stereocenters. The molecular weight excluding hydrogens is 444 g/mol. The first-order valence-corrected chi connectivity index (χ1v) is 12.9. The maximum absolute atomic E-state index is 10.9. The first kappa shape index (κ1) is 27.2. The minimum absolute atomic E-state index is 0.206. The van der Waals surface area contributed by atoms with E-state index in [4.69, 9.17) is 9.98 Å². The van der Waals surface area contributed by atoms with E-state index in [0.29, 0.717) is 34.3 Å². The van der Waals surface area contributed by atoms with Crippen LogP contribution >= 0.6 is 0 Å². The zero-order chi connectivity index (χ0) is 26.6. The predicted octanol–water partition coefficient (Wildman–Crippen LogP) is 9.09. The number of hydrogen-bond acceptors (Lipinski definition) is 4. The molecule has 3 aromatic carbocycles. The summed E-state index contributed by atoms with van der Waals surface area (Å²) in [5, 5.41) is 21.8. The molecule has 2 N–H and O–H groups in total. The number of aromatic hydroxyl groups is 2. The molecule has 36 heavy (non-hydrogen) atoms. The van der Waals surface area contributed by atoms with E-state index in [-0.39, 0.29) is 23.3 Å². The van der Waals surface area contributed by atoms with E-state index in [1.807, 2.05) is 36.4 Å². The van der Waals surface area contributed by atoms with E-state index in [1.165, 1.54) is 11.1 Å². The Balaban J connectivity index is 2.02. The summed E-state index contributed by atoms with van der Waals surface area (Å²) in [7, 11) is 0. The maximum atomic E-state index is 10.9. The molecule has 0 saturated carbocycles. The van der Waals surface area contributed by atoms with Gasteiger partial charge in [0.1, 0.15) is 11.5 Å². The molecule has 0 heterocycles. The van der Waals surface area contributed by atoms with E-state index in [2.05, 4.69) is 67.5 Å². The SMILES string of the molecule is CC(C)c1cc(C=Nc2ccccc2N=Cc2cc(C(C)C)cc(C(C)C)c2O)c(O)c(C(C)C)c1. The monoisotopic (exact) mass is 484 g/mol. The van der Waals surface area contributed by atoms with Crippen molar-refractivity contribution in [3.63, 3.8) is 0 Å². The van der Waals surface area contributed by atoms with Crippen LogP contribution in [0.3, 0.4) is 0 Å². The predicted molar refractivity (Wildman–Crippen MR) is 154 cm³/mol. The van der Waals surface area contributed by atoms with Gasteiger partial charge in [-0.3, -0.25) is 9.98 Å². The number of rotatable bonds is 8. The fraction of sp³-hybridized carbons (Fsp3) is 0.375. The van der Waals surface area contributed by atoms with Crippen LogP contribution in [0.4, 0.5) is 11.4 Å². The van der Waals surface area contributed by atoms with Gasteiger partial charge in [-0.05, 0) is 70.2 Å². The highest BCUT2D eigenvalue weighted by Crippen LogP contribution is 2.35. The number of nitrogens with zero attached hydrogens (tertiary/aromatic N) is 2.